The van der Waals surface area contributed by atoms with Crippen molar-refractivity contribution >= 4 is 18.0 Å². The monoisotopic (exact) mass is 180 g/mol. The Bertz CT molecular complexity index is 233. The lowest BCUT2D eigenvalue weighted by molar-refractivity contribution is -0.107. The molecule has 0 aromatic heterocycles. The Hall–Kier alpha value is -0.760. The lowest BCUT2D eigenvalue weighted by Crippen LogP contribution is -2.07. The quantitative estimate of drug-likeness (QED) is 0.660. The van der Waals surface area contributed by atoms with Gasteiger partial charge in [0.05, 0.1) is 5.25 Å². The number of benzene rings is 1. The lowest BCUT2D eigenvalue weighted by Gasteiger charge is -2.05. The highest BCUT2D eigenvalue weighted by atomic mass is 32.2. The molecule has 0 N–H and O–H groups in total. The van der Waals surface area contributed by atoms with Gasteiger partial charge in [-0.2, -0.15) is 11.8 Å². The number of thioether (sulfide) groups is 1. The van der Waals surface area contributed by atoms with E-state index in [9.17, 15) is 4.79 Å². The van der Waals surface area contributed by atoms with Crippen LogP contribution in [0.2, 0.25) is 0 Å². The Balaban J connectivity index is 2.56. The molecule has 0 bridgehead atoms. The second-order valence-electron chi connectivity index (χ2n) is 2.60. The molecule has 0 aliphatic rings. The number of aldehydes is 1. The minimum Gasteiger partial charge on any atom is -0.302 e. The maximum atomic E-state index is 10.5. The predicted molar refractivity (Wildman–Crippen MR) is 53.5 cm³/mol. The molecule has 12 heavy (non-hydrogen) atoms. The fraction of sp³-hybridized carbons (Fsp3) is 0.300. The van der Waals surface area contributed by atoms with E-state index >= 15 is 0 Å². The van der Waals surface area contributed by atoms with Crippen molar-refractivity contribution in [1.29, 1.82) is 0 Å². The van der Waals surface area contributed by atoms with Crippen LogP contribution in [-0.2, 0) is 11.2 Å². The van der Waals surface area contributed by atoms with Gasteiger partial charge in [-0.1, -0.05) is 30.3 Å². The van der Waals surface area contributed by atoms with Gasteiger partial charge < -0.3 is 4.79 Å². The van der Waals surface area contributed by atoms with Crippen LogP contribution in [0.1, 0.15) is 5.56 Å². The van der Waals surface area contributed by atoms with Crippen molar-refractivity contribution in [3.63, 3.8) is 0 Å². The summed E-state index contributed by atoms with van der Waals surface area (Å²) in [6.45, 7) is 0. The fourth-order valence-corrected chi connectivity index (χ4v) is 1.50. The fourth-order valence-electron chi connectivity index (χ4n) is 1.03. The molecule has 1 aromatic rings. The minimum atomic E-state index is 0.104. The van der Waals surface area contributed by atoms with E-state index in [1.165, 1.54) is 5.56 Å². The van der Waals surface area contributed by atoms with Gasteiger partial charge in [-0.15, -0.1) is 0 Å². The molecule has 0 radical (unpaired) electrons. The molecular weight excluding hydrogens is 168 g/mol. The van der Waals surface area contributed by atoms with Gasteiger partial charge in [0.15, 0.2) is 0 Å². The van der Waals surface area contributed by atoms with E-state index < -0.39 is 0 Å². The first-order valence-corrected chi connectivity index (χ1v) is 5.17. The molecule has 0 saturated heterocycles. The number of rotatable bonds is 4. The Morgan fingerprint density at radius 2 is 2.08 bits per heavy atom. The summed E-state index contributed by atoms with van der Waals surface area (Å²) in [5.41, 5.74) is 1.23. The molecule has 0 aliphatic heterocycles. The molecule has 0 aliphatic carbocycles. The van der Waals surface area contributed by atoms with E-state index in [1.54, 1.807) is 11.8 Å². The summed E-state index contributed by atoms with van der Waals surface area (Å²) < 4.78 is 0. The number of hydrogen-bond acceptors (Lipinski definition) is 2. The van der Waals surface area contributed by atoms with E-state index in [0.29, 0.717) is 0 Å². The standard InChI is InChI=1S/C10H12OS/c1-12-10(8-11)7-9-5-3-2-4-6-9/h2-6,8,10H,7H2,1H3/t10-/m1/s1. The van der Waals surface area contributed by atoms with Crippen LogP contribution in [0.4, 0.5) is 0 Å². The molecule has 1 nitrogen and oxygen atoms in total. The van der Waals surface area contributed by atoms with E-state index in [-0.39, 0.29) is 5.25 Å². The van der Waals surface area contributed by atoms with Gasteiger partial charge in [-0.25, -0.2) is 0 Å². The highest BCUT2D eigenvalue weighted by Gasteiger charge is 2.04. The zero-order chi connectivity index (χ0) is 8.81. The number of carbonyl (C=O) groups excluding carboxylic acids is 1. The molecule has 2 heteroatoms. The molecule has 0 amide bonds. The maximum Gasteiger partial charge on any atom is 0.133 e. The lowest BCUT2D eigenvalue weighted by atomic mass is 10.1. The Morgan fingerprint density at radius 3 is 2.58 bits per heavy atom. The van der Waals surface area contributed by atoms with Crippen molar-refractivity contribution in [3.05, 3.63) is 35.9 Å². The molecule has 0 heterocycles. The van der Waals surface area contributed by atoms with Crippen LogP contribution in [0, 0.1) is 0 Å². The first kappa shape index (κ1) is 9.33. The summed E-state index contributed by atoms with van der Waals surface area (Å²) in [6.07, 6.45) is 3.81. The molecule has 1 atom stereocenters. The van der Waals surface area contributed by atoms with Crippen LogP contribution < -0.4 is 0 Å². The third-order valence-corrected chi connectivity index (χ3v) is 2.62. The highest BCUT2D eigenvalue weighted by Crippen LogP contribution is 2.11. The third-order valence-electron chi connectivity index (χ3n) is 1.73. The minimum absolute atomic E-state index is 0.104. The molecule has 0 spiro atoms. The van der Waals surface area contributed by atoms with Gasteiger partial charge >= 0.3 is 0 Å². The van der Waals surface area contributed by atoms with Crippen LogP contribution in [0.5, 0.6) is 0 Å². The SMILES string of the molecule is CS[C@@H](C=O)Cc1ccccc1. The van der Waals surface area contributed by atoms with E-state index in [1.807, 2.05) is 36.6 Å². The summed E-state index contributed by atoms with van der Waals surface area (Å²) in [5.74, 6) is 0. The topological polar surface area (TPSA) is 17.1 Å². The second kappa shape index (κ2) is 4.99. The van der Waals surface area contributed by atoms with Gasteiger partial charge in [0.1, 0.15) is 6.29 Å². The Morgan fingerprint density at radius 1 is 1.42 bits per heavy atom. The van der Waals surface area contributed by atoms with Gasteiger partial charge in [-0.05, 0) is 18.2 Å². The summed E-state index contributed by atoms with van der Waals surface area (Å²) in [4.78, 5) is 10.5. The van der Waals surface area contributed by atoms with E-state index in [4.69, 9.17) is 0 Å². The number of hydrogen-bond donors (Lipinski definition) is 0. The Kier molecular flexibility index (Phi) is 3.88. The van der Waals surface area contributed by atoms with Crippen LogP contribution in [-0.4, -0.2) is 17.8 Å². The van der Waals surface area contributed by atoms with Crippen LogP contribution >= 0.6 is 11.8 Å². The molecule has 1 aromatic carbocycles. The average molecular weight is 180 g/mol. The van der Waals surface area contributed by atoms with Crippen molar-refractivity contribution in [2.75, 3.05) is 6.26 Å². The van der Waals surface area contributed by atoms with Crippen molar-refractivity contribution in [1.82, 2.24) is 0 Å². The first-order valence-electron chi connectivity index (χ1n) is 3.89. The average Bonchev–Trinajstić information content (AvgIpc) is 2.16. The van der Waals surface area contributed by atoms with Gasteiger partial charge in [-0.3, -0.25) is 0 Å². The molecule has 0 saturated carbocycles. The largest absolute Gasteiger partial charge is 0.302 e. The molecular formula is C10H12OS. The smallest absolute Gasteiger partial charge is 0.133 e. The Labute approximate surface area is 77.2 Å². The molecule has 1 rings (SSSR count). The van der Waals surface area contributed by atoms with Gasteiger partial charge in [0.2, 0.25) is 0 Å². The molecule has 0 fully saturated rings. The number of carbonyl (C=O) groups is 1. The normalized spacial score (nSPS) is 12.4. The summed E-state index contributed by atoms with van der Waals surface area (Å²) in [6, 6.07) is 10.1. The third kappa shape index (κ3) is 2.70. The zero-order valence-electron chi connectivity index (χ0n) is 7.07. The summed E-state index contributed by atoms with van der Waals surface area (Å²) in [7, 11) is 0. The first-order chi connectivity index (χ1) is 5.86. The van der Waals surface area contributed by atoms with Crippen molar-refractivity contribution in [3.8, 4) is 0 Å². The molecule has 64 valence electrons. The highest BCUT2D eigenvalue weighted by molar-refractivity contribution is 7.99. The maximum absolute atomic E-state index is 10.5. The van der Waals surface area contributed by atoms with Gasteiger partial charge in [0, 0.05) is 0 Å². The van der Waals surface area contributed by atoms with Crippen LogP contribution in [0.3, 0.4) is 0 Å². The van der Waals surface area contributed by atoms with Gasteiger partial charge in [0.25, 0.3) is 0 Å². The summed E-state index contributed by atoms with van der Waals surface area (Å²) >= 11 is 1.60. The predicted octanol–water partition coefficient (Wildman–Crippen LogP) is 2.16. The summed E-state index contributed by atoms with van der Waals surface area (Å²) in [5, 5.41) is 0.104. The van der Waals surface area contributed by atoms with E-state index in [2.05, 4.69) is 0 Å². The van der Waals surface area contributed by atoms with Crippen LogP contribution in [0.25, 0.3) is 0 Å². The van der Waals surface area contributed by atoms with Crippen molar-refractivity contribution in [2.24, 2.45) is 0 Å². The zero-order valence-corrected chi connectivity index (χ0v) is 7.88. The molecule has 0 unspecified atom stereocenters. The van der Waals surface area contributed by atoms with Crippen molar-refractivity contribution in [2.45, 2.75) is 11.7 Å². The van der Waals surface area contributed by atoms with Crippen molar-refractivity contribution < 1.29 is 4.79 Å². The van der Waals surface area contributed by atoms with E-state index in [0.717, 1.165) is 12.7 Å². The van der Waals surface area contributed by atoms with Crippen LogP contribution in [0.15, 0.2) is 30.3 Å². The second-order valence-corrected chi connectivity index (χ2v) is 3.68.